The molecule has 2 aromatic heterocycles. The summed E-state index contributed by atoms with van der Waals surface area (Å²) in [7, 11) is -7.21. The molecule has 4 aromatic rings. The van der Waals surface area contributed by atoms with Gasteiger partial charge in [-0.05, 0) is 171 Å². The van der Waals surface area contributed by atoms with Crippen molar-refractivity contribution in [2.75, 3.05) is 108 Å². The number of hydrogen-bond donors (Lipinski definition) is 4. The fourth-order valence-electron chi connectivity index (χ4n) is 10.0. The molecule has 6 N–H and O–H groups in total. The maximum absolute atomic E-state index is 12.7. The van der Waals surface area contributed by atoms with Crippen LogP contribution in [0.5, 0.6) is 0 Å². The van der Waals surface area contributed by atoms with Gasteiger partial charge in [0.05, 0.1) is 22.7 Å². The zero-order valence-corrected chi connectivity index (χ0v) is 54.0. The number of alkyl halides is 6. The molecule has 7 heterocycles. The van der Waals surface area contributed by atoms with Gasteiger partial charge in [-0.2, -0.15) is 26.3 Å². The number of anilines is 6. The maximum Gasteiger partial charge on any atom is 0.495 e. The van der Waals surface area contributed by atoms with Crippen molar-refractivity contribution < 1.29 is 71.5 Å². The number of carbonyl (C=O) groups is 2. The van der Waals surface area contributed by atoms with Gasteiger partial charge in [0.2, 0.25) is 20.0 Å². The number of hydrogen-bond acceptors (Lipinski definition) is 14. The Hall–Kier alpha value is -5.85. The number of carbonyl (C=O) groups excluding carboxylic acids is 2. The number of halogens is 7. The van der Waals surface area contributed by atoms with E-state index in [1.807, 2.05) is 75.3 Å². The Morgan fingerprint density at radius 3 is 1.47 bits per heavy atom. The molecule has 2 atom stereocenters. The van der Waals surface area contributed by atoms with Crippen molar-refractivity contribution in [2.45, 2.75) is 131 Å². The molecule has 5 aliphatic rings. The lowest BCUT2D eigenvalue weighted by atomic mass is 9.76. The van der Waals surface area contributed by atoms with Gasteiger partial charge in [0, 0.05) is 101 Å². The minimum Gasteiger partial charge on any atom is -0.399 e. The van der Waals surface area contributed by atoms with Crippen LogP contribution in [0.2, 0.25) is 5.02 Å². The van der Waals surface area contributed by atoms with Crippen LogP contribution in [0.1, 0.15) is 105 Å². The van der Waals surface area contributed by atoms with E-state index < -0.39 is 87.5 Å². The van der Waals surface area contributed by atoms with Crippen molar-refractivity contribution in [1.29, 1.82) is 0 Å². The van der Waals surface area contributed by atoms with E-state index in [-0.39, 0.29) is 48.6 Å². The molecular formula is C58H84BClF6N10O10S2. The highest BCUT2D eigenvalue weighted by atomic mass is 35.5. The Bertz CT molecular complexity index is 3180. The van der Waals surface area contributed by atoms with Crippen LogP contribution in [-0.4, -0.2) is 157 Å². The molecule has 5 aliphatic heterocycles. The number of nitrogens with one attached hydrogen (secondary N) is 2. The molecule has 2 aromatic carbocycles. The zero-order chi connectivity index (χ0) is 65.6. The van der Waals surface area contributed by atoms with E-state index in [0.29, 0.717) is 73.1 Å². The van der Waals surface area contributed by atoms with Crippen LogP contribution >= 0.6 is 11.6 Å². The van der Waals surface area contributed by atoms with E-state index in [4.69, 9.17) is 41.9 Å². The van der Waals surface area contributed by atoms with Gasteiger partial charge in [-0.25, -0.2) is 36.4 Å². The fourth-order valence-corrected chi connectivity index (χ4v) is 13.2. The summed E-state index contributed by atoms with van der Waals surface area (Å²) in [5.41, 5.74) is 15.6. The Morgan fingerprint density at radius 1 is 0.648 bits per heavy atom. The number of sulfonamides is 2. The molecule has 20 nitrogen and oxygen atoms in total. The molecule has 0 saturated carbocycles. The first-order valence-electron chi connectivity index (χ1n) is 29.2. The van der Waals surface area contributed by atoms with Crippen LogP contribution in [0.3, 0.4) is 0 Å². The maximum atomic E-state index is 12.7. The van der Waals surface area contributed by atoms with Gasteiger partial charge < -0.3 is 50.7 Å². The first kappa shape index (κ1) is 72.9. The van der Waals surface area contributed by atoms with E-state index >= 15 is 0 Å². The number of rotatable bonds is 12. The second-order valence-electron chi connectivity index (χ2n) is 22.6. The second-order valence-corrected chi connectivity index (χ2v) is 27.1. The average Bonchev–Trinajstić information content (AvgIpc) is 1.94. The zero-order valence-electron chi connectivity index (χ0n) is 51.6. The number of ether oxygens (including phenoxy) is 2. The monoisotopic (exact) mass is 1300 g/mol. The molecule has 88 heavy (non-hydrogen) atoms. The molecule has 0 radical (unpaired) electrons. The number of nitrogens with zero attached hydrogens (tertiary/aromatic N) is 6. The highest BCUT2D eigenvalue weighted by Gasteiger charge is 2.52. The number of aromatic nitrogens is 2. The van der Waals surface area contributed by atoms with Gasteiger partial charge >= 0.3 is 31.5 Å². The SMILES string of the molecule is CCOCC.CCOCC.Cc1ccc(NC(=O)N2CC[C@@H](CC(F)(F)F)C2)cc1-c1cc(N)nc(N2CCCS2(=O)=O)c1.Cc1ccc(NC(=O)N2CC[C@@H](CC(F)(F)F)C2)cc1B1OC(C)(C)C(C)(C)O1.Nc1cc(Cl)cc(N2CCCS2(=O)=O)n1. The molecule has 0 bridgehead atoms. The minimum atomic E-state index is -4.25. The number of nitrogen functional groups attached to an aromatic ring is 2. The molecule has 0 aliphatic carbocycles. The lowest BCUT2D eigenvalue weighted by Crippen LogP contribution is -2.41. The summed E-state index contributed by atoms with van der Waals surface area (Å²) < 4.78 is 148. The van der Waals surface area contributed by atoms with Crippen LogP contribution in [0.15, 0.2) is 60.7 Å². The number of urea groups is 2. The summed E-state index contributed by atoms with van der Waals surface area (Å²) in [6, 6.07) is 16.1. The third-order valence-corrected chi connectivity index (χ3v) is 19.1. The highest BCUT2D eigenvalue weighted by molar-refractivity contribution is 7.93. The minimum absolute atomic E-state index is 0.0542. The molecule has 5 saturated heterocycles. The van der Waals surface area contributed by atoms with Crippen molar-refractivity contribution in [1.82, 2.24) is 19.8 Å². The first-order chi connectivity index (χ1) is 41.0. The van der Waals surface area contributed by atoms with Gasteiger partial charge in [-0.3, -0.25) is 8.61 Å². The summed E-state index contributed by atoms with van der Waals surface area (Å²) in [6.45, 7) is 24.5. The molecule has 4 amide bonds. The molecule has 0 spiro atoms. The summed E-state index contributed by atoms with van der Waals surface area (Å²) in [5, 5.41) is 5.94. The molecular weight excluding hydrogens is 1220 g/mol. The Morgan fingerprint density at radius 2 is 1.07 bits per heavy atom. The standard InChI is InChI=1S/C22H26F3N5O3S.C20H28BF3N2O3.C8H10ClN3O2S.2C4H10O/c1-14-3-4-17(27-21(31)29-7-5-15(13-29)12-22(23,24)25)11-18(14)16-9-19(26)28-20(10-16)30-6-2-8-34(30,32)33;1-13-6-7-15(10-16(13)21-28-18(2,3)19(4,5)29-21)25-17(27)26-9-8-14(12-26)11-20(22,23)24;9-6-4-7(10)11-8(5-6)12-2-1-3-15(12,13)14;2*1-3-5-4-2/h3-4,9-11,15H,2,5-8,12-13H2,1H3,(H2,26,28)(H,27,31);6-7,10,14H,8-9,11-12H2,1-5H3,(H,25,27);4-5H,1-3H2,(H2,10,11);2*3-4H2,1-2H3/t15-;14-;;;/m00.../s1. The highest BCUT2D eigenvalue weighted by Crippen LogP contribution is 2.38. The molecule has 30 heteroatoms. The topological polar surface area (TPSA) is 254 Å². The predicted molar refractivity (Wildman–Crippen MR) is 334 cm³/mol. The summed E-state index contributed by atoms with van der Waals surface area (Å²) in [5.74, 6) is 0.00162. The molecule has 490 valence electrons. The van der Waals surface area contributed by atoms with Crippen molar-refractivity contribution in [3.63, 3.8) is 0 Å². The first-order valence-corrected chi connectivity index (χ1v) is 32.8. The van der Waals surface area contributed by atoms with E-state index in [1.165, 1.54) is 30.5 Å². The predicted octanol–water partition coefficient (Wildman–Crippen LogP) is 11.0. The summed E-state index contributed by atoms with van der Waals surface area (Å²) >= 11 is 5.78. The number of likely N-dealkylation sites (tertiary alicyclic amines) is 2. The van der Waals surface area contributed by atoms with Crippen molar-refractivity contribution in [3.05, 3.63) is 76.8 Å². The molecule has 0 unspecified atom stereocenters. The Balaban J connectivity index is 0.000000234. The normalized spacial score (nSPS) is 19.8. The van der Waals surface area contributed by atoms with E-state index in [1.54, 1.807) is 42.5 Å². The van der Waals surface area contributed by atoms with Crippen molar-refractivity contribution in [2.24, 2.45) is 11.8 Å². The molecule has 9 rings (SSSR count). The quantitative estimate of drug-likeness (QED) is 0.0760. The average molecular weight is 1310 g/mol. The number of aryl methyl sites for hydroxylation is 2. The second kappa shape index (κ2) is 31.3. The summed E-state index contributed by atoms with van der Waals surface area (Å²) in [6.07, 6.45) is -8.41. The van der Waals surface area contributed by atoms with Crippen molar-refractivity contribution >= 4 is 90.9 Å². The third-order valence-electron chi connectivity index (χ3n) is 15.2. The van der Waals surface area contributed by atoms with Gasteiger partial charge in [-0.1, -0.05) is 29.3 Å². The number of pyridine rings is 2. The van der Waals surface area contributed by atoms with Crippen LogP contribution in [0.4, 0.5) is 70.6 Å². The lowest BCUT2D eigenvalue weighted by molar-refractivity contribution is -0.144. The van der Waals surface area contributed by atoms with E-state index in [9.17, 15) is 52.8 Å². The lowest BCUT2D eigenvalue weighted by Gasteiger charge is -2.32. The molecule has 5 fully saturated rings. The van der Waals surface area contributed by atoms with Crippen LogP contribution in [0.25, 0.3) is 11.1 Å². The van der Waals surface area contributed by atoms with Gasteiger partial charge in [0.25, 0.3) is 0 Å². The van der Waals surface area contributed by atoms with Crippen LogP contribution in [0, 0.1) is 25.7 Å². The number of amides is 4. The fraction of sp³-hybridized carbons (Fsp3) is 0.586. The Kier molecular flexibility index (Phi) is 25.9. The summed E-state index contributed by atoms with van der Waals surface area (Å²) in [4.78, 5) is 36.1. The van der Waals surface area contributed by atoms with Gasteiger partial charge in [0.15, 0.2) is 0 Å². The largest absolute Gasteiger partial charge is 0.495 e. The van der Waals surface area contributed by atoms with Gasteiger partial charge in [-0.15, -0.1) is 0 Å². The van der Waals surface area contributed by atoms with Crippen LogP contribution in [-0.2, 0) is 38.8 Å². The van der Waals surface area contributed by atoms with E-state index in [2.05, 4.69) is 20.6 Å². The smallest absolute Gasteiger partial charge is 0.399 e. The van der Waals surface area contributed by atoms with Crippen molar-refractivity contribution in [3.8, 4) is 11.1 Å². The van der Waals surface area contributed by atoms with Crippen LogP contribution < -0.4 is 36.2 Å². The Labute approximate surface area is 518 Å². The number of benzene rings is 2. The third kappa shape index (κ3) is 21.4. The number of nitrogens with two attached hydrogens (primary N) is 2. The van der Waals surface area contributed by atoms with E-state index in [0.717, 1.165) is 48.6 Å². The van der Waals surface area contributed by atoms with Gasteiger partial charge in [0.1, 0.15) is 23.3 Å².